The number of nitrogens with zero attached hydrogens (tertiary/aromatic N) is 3. The number of carbonyl (C=O) groups excluding carboxylic acids is 2. The highest BCUT2D eigenvalue weighted by molar-refractivity contribution is 6.07. The van der Waals surface area contributed by atoms with Gasteiger partial charge in [-0.15, -0.1) is 0 Å². The minimum absolute atomic E-state index is 0.128. The van der Waals surface area contributed by atoms with Crippen molar-refractivity contribution in [2.45, 2.75) is 37.8 Å². The van der Waals surface area contributed by atoms with Crippen LogP contribution < -0.4 is 16.4 Å². The van der Waals surface area contributed by atoms with E-state index in [-0.39, 0.29) is 23.0 Å². The van der Waals surface area contributed by atoms with Crippen LogP contribution in [-0.4, -0.2) is 43.7 Å². The van der Waals surface area contributed by atoms with Crippen LogP contribution in [0, 0.1) is 0 Å². The topological polar surface area (TPSA) is 133 Å². The number of aliphatic imine (C=N–C) groups is 2. The van der Waals surface area contributed by atoms with Gasteiger partial charge in [0.2, 0.25) is 11.9 Å². The molecule has 1 saturated carbocycles. The van der Waals surface area contributed by atoms with E-state index < -0.39 is 17.6 Å². The fourth-order valence-electron chi connectivity index (χ4n) is 3.71. The molecule has 0 bridgehead atoms. The molecule has 1 heterocycles. The molecule has 2 aliphatic rings. The Labute approximate surface area is 157 Å². The van der Waals surface area contributed by atoms with E-state index in [2.05, 4.69) is 9.98 Å². The molecule has 0 radical (unpaired) electrons. The predicted molar refractivity (Wildman–Crippen MR) is 101 cm³/mol. The molecule has 1 spiro atoms. The first-order valence-corrected chi connectivity index (χ1v) is 8.71. The quantitative estimate of drug-likeness (QED) is 0.765. The molecular formula is C18H23N5O4. The second kappa shape index (κ2) is 7.26. The molecule has 0 aromatic heterocycles. The first-order chi connectivity index (χ1) is 12.9. The molecule has 9 nitrogen and oxygen atoms in total. The van der Waals surface area contributed by atoms with Crippen molar-refractivity contribution in [2.75, 3.05) is 19.1 Å². The Bertz CT molecular complexity index is 793. The van der Waals surface area contributed by atoms with Crippen LogP contribution in [0.2, 0.25) is 0 Å². The molecule has 27 heavy (non-hydrogen) atoms. The number of nitrogens with two attached hydrogens (primary N) is 2. The van der Waals surface area contributed by atoms with Crippen LogP contribution in [0.1, 0.15) is 52.8 Å². The van der Waals surface area contributed by atoms with Gasteiger partial charge in [-0.3, -0.25) is 4.90 Å². The summed E-state index contributed by atoms with van der Waals surface area (Å²) >= 11 is 0. The number of methoxy groups -OCH3 is 2. The van der Waals surface area contributed by atoms with Gasteiger partial charge in [-0.05, 0) is 43.9 Å². The van der Waals surface area contributed by atoms with Crippen molar-refractivity contribution < 1.29 is 19.1 Å². The third-order valence-corrected chi connectivity index (χ3v) is 4.87. The predicted octanol–water partition coefficient (Wildman–Crippen LogP) is 1.37. The number of carbonyl (C=O) groups is 2. The van der Waals surface area contributed by atoms with Crippen molar-refractivity contribution >= 4 is 29.5 Å². The Kier molecular flexibility index (Phi) is 5.02. The molecule has 1 aliphatic carbocycles. The van der Waals surface area contributed by atoms with E-state index in [0.717, 1.165) is 32.1 Å². The van der Waals surface area contributed by atoms with Gasteiger partial charge in [0.05, 0.1) is 25.3 Å². The van der Waals surface area contributed by atoms with Gasteiger partial charge in [0.15, 0.2) is 0 Å². The van der Waals surface area contributed by atoms with Crippen LogP contribution in [0.3, 0.4) is 0 Å². The average molecular weight is 373 g/mol. The van der Waals surface area contributed by atoms with Gasteiger partial charge in [0, 0.05) is 5.69 Å². The van der Waals surface area contributed by atoms with Crippen LogP contribution in [0.5, 0.6) is 0 Å². The third-order valence-electron chi connectivity index (χ3n) is 4.87. The molecule has 0 amide bonds. The van der Waals surface area contributed by atoms with Crippen LogP contribution >= 0.6 is 0 Å². The zero-order valence-electron chi connectivity index (χ0n) is 15.4. The molecular weight excluding hydrogens is 350 g/mol. The summed E-state index contributed by atoms with van der Waals surface area (Å²) in [6.45, 7) is 0. The van der Waals surface area contributed by atoms with Gasteiger partial charge in [0.25, 0.3) is 0 Å². The normalized spacial score (nSPS) is 18.5. The van der Waals surface area contributed by atoms with Crippen molar-refractivity contribution in [3.63, 3.8) is 0 Å². The lowest BCUT2D eigenvalue weighted by Crippen LogP contribution is -2.58. The fraction of sp³-hybridized carbons (Fsp3) is 0.444. The van der Waals surface area contributed by atoms with Crippen molar-refractivity contribution in [1.82, 2.24) is 0 Å². The highest BCUT2D eigenvalue weighted by Gasteiger charge is 2.43. The molecule has 9 heteroatoms. The smallest absolute Gasteiger partial charge is 0.337 e. The third kappa shape index (κ3) is 3.44. The zero-order valence-corrected chi connectivity index (χ0v) is 15.4. The number of benzene rings is 1. The lowest BCUT2D eigenvalue weighted by Gasteiger charge is -2.45. The molecule has 1 aromatic rings. The van der Waals surface area contributed by atoms with Gasteiger partial charge in [-0.25, -0.2) is 14.6 Å². The first-order valence-electron chi connectivity index (χ1n) is 8.71. The minimum Gasteiger partial charge on any atom is -0.465 e. The standard InChI is InChI=1S/C18H23N5O4/c1-26-14(24)11-8-12(15(25)27-2)10-13(9-11)23-17(20)21-16(19)22-18(23)6-4-3-5-7-18/h8-10H,3-7H2,1-2H3,(H4,19,20,21,22). The monoisotopic (exact) mass is 373 g/mol. The summed E-state index contributed by atoms with van der Waals surface area (Å²) in [5.74, 6) is -0.851. The number of guanidine groups is 2. The zero-order chi connectivity index (χ0) is 19.6. The summed E-state index contributed by atoms with van der Waals surface area (Å²) in [6, 6.07) is 4.63. The summed E-state index contributed by atoms with van der Waals surface area (Å²) < 4.78 is 9.62. The minimum atomic E-state index is -0.684. The first kappa shape index (κ1) is 18.7. The van der Waals surface area contributed by atoms with E-state index in [1.165, 1.54) is 20.3 Å². The second-order valence-electron chi connectivity index (χ2n) is 6.57. The van der Waals surface area contributed by atoms with Gasteiger partial charge in [-0.1, -0.05) is 6.42 Å². The number of ether oxygens (including phenoxy) is 2. The Morgan fingerprint density at radius 3 is 2.07 bits per heavy atom. The maximum absolute atomic E-state index is 12.1. The van der Waals surface area contributed by atoms with Gasteiger partial charge in [0.1, 0.15) is 5.66 Å². The summed E-state index contributed by atoms with van der Waals surface area (Å²) in [4.78, 5) is 34.7. The molecule has 1 fully saturated rings. The van der Waals surface area contributed by atoms with Gasteiger partial charge in [-0.2, -0.15) is 4.99 Å². The lowest BCUT2D eigenvalue weighted by atomic mass is 9.87. The average Bonchev–Trinajstić information content (AvgIpc) is 2.66. The van der Waals surface area contributed by atoms with Crippen LogP contribution in [-0.2, 0) is 9.47 Å². The summed E-state index contributed by atoms with van der Waals surface area (Å²) in [5, 5.41) is 0. The van der Waals surface area contributed by atoms with E-state index >= 15 is 0 Å². The summed E-state index contributed by atoms with van der Waals surface area (Å²) in [7, 11) is 2.55. The van der Waals surface area contributed by atoms with Crippen molar-refractivity contribution in [3.8, 4) is 0 Å². The summed E-state index contributed by atoms with van der Waals surface area (Å²) in [6.07, 6.45) is 4.49. The van der Waals surface area contributed by atoms with Gasteiger partial charge >= 0.3 is 11.9 Å². The Morgan fingerprint density at radius 2 is 1.56 bits per heavy atom. The Morgan fingerprint density at radius 1 is 1.00 bits per heavy atom. The van der Waals surface area contributed by atoms with Crippen molar-refractivity contribution in [2.24, 2.45) is 21.5 Å². The Hall–Kier alpha value is -3.10. The second-order valence-corrected chi connectivity index (χ2v) is 6.57. The number of hydrogen-bond donors (Lipinski definition) is 2. The number of anilines is 1. The molecule has 144 valence electrons. The van der Waals surface area contributed by atoms with E-state index in [1.807, 2.05) is 0 Å². The van der Waals surface area contributed by atoms with E-state index in [4.69, 9.17) is 20.9 Å². The molecule has 3 rings (SSSR count). The Balaban J connectivity index is 2.16. The van der Waals surface area contributed by atoms with Crippen molar-refractivity contribution in [1.29, 1.82) is 0 Å². The molecule has 4 N–H and O–H groups in total. The molecule has 1 aliphatic heterocycles. The van der Waals surface area contributed by atoms with Crippen LogP contribution in [0.4, 0.5) is 5.69 Å². The number of esters is 2. The molecule has 0 atom stereocenters. The lowest BCUT2D eigenvalue weighted by molar-refractivity contribution is 0.0599. The highest BCUT2D eigenvalue weighted by atomic mass is 16.5. The maximum Gasteiger partial charge on any atom is 0.337 e. The molecule has 0 unspecified atom stereocenters. The molecule has 1 aromatic carbocycles. The van der Waals surface area contributed by atoms with Crippen LogP contribution in [0.15, 0.2) is 28.2 Å². The SMILES string of the molecule is COC(=O)c1cc(C(=O)OC)cc(N2C(N)=NC(N)=NC23CCCCC3)c1. The van der Waals surface area contributed by atoms with Crippen molar-refractivity contribution in [3.05, 3.63) is 29.3 Å². The van der Waals surface area contributed by atoms with E-state index in [0.29, 0.717) is 5.69 Å². The van der Waals surface area contributed by atoms with E-state index in [1.54, 1.807) is 17.0 Å². The molecule has 0 saturated heterocycles. The summed E-state index contributed by atoms with van der Waals surface area (Å²) in [5.41, 5.74) is 12.3. The van der Waals surface area contributed by atoms with Gasteiger partial charge < -0.3 is 20.9 Å². The van der Waals surface area contributed by atoms with Crippen LogP contribution in [0.25, 0.3) is 0 Å². The fourth-order valence-corrected chi connectivity index (χ4v) is 3.71. The highest BCUT2D eigenvalue weighted by Crippen LogP contribution is 2.40. The maximum atomic E-state index is 12.1. The largest absolute Gasteiger partial charge is 0.465 e. The van der Waals surface area contributed by atoms with E-state index in [9.17, 15) is 9.59 Å². The number of hydrogen-bond acceptors (Lipinski definition) is 9. The number of rotatable bonds is 3.